The van der Waals surface area contributed by atoms with E-state index in [0.717, 1.165) is 0 Å². The Bertz CT molecular complexity index is 861. The van der Waals surface area contributed by atoms with Crippen molar-refractivity contribution < 1.29 is 28.6 Å². The van der Waals surface area contributed by atoms with Gasteiger partial charge in [0.05, 0.1) is 25.5 Å². The summed E-state index contributed by atoms with van der Waals surface area (Å²) in [4.78, 5) is 35.7. The zero-order chi connectivity index (χ0) is 20.0. The highest BCUT2D eigenvalue weighted by Gasteiger charge is 2.20. The Morgan fingerprint density at radius 1 is 1.00 bits per heavy atom. The lowest BCUT2D eigenvalue weighted by Crippen LogP contribution is -2.30. The molecule has 0 saturated carbocycles. The number of hydrogen-bond donors (Lipinski definition) is 1. The number of ether oxygens (including phenoxy) is 3. The van der Waals surface area contributed by atoms with E-state index in [1.807, 2.05) is 0 Å². The maximum atomic E-state index is 12.5. The quantitative estimate of drug-likeness (QED) is 0.594. The maximum absolute atomic E-state index is 12.5. The van der Waals surface area contributed by atoms with Crippen molar-refractivity contribution in [2.75, 3.05) is 19.5 Å². The molecule has 0 fully saturated rings. The van der Waals surface area contributed by atoms with Crippen molar-refractivity contribution in [3.63, 3.8) is 0 Å². The summed E-state index contributed by atoms with van der Waals surface area (Å²) in [6.07, 6.45) is -0.872. The molecule has 27 heavy (non-hydrogen) atoms. The van der Waals surface area contributed by atoms with Crippen LogP contribution in [0.1, 0.15) is 34.6 Å². The molecule has 2 aromatic carbocycles. The van der Waals surface area contributed by atoms with E-state index in [0.29, 0.717) is 28.3 Å². The zero-order valence-corrected chi connectivity index (χ0v) is 15.6. The fourth-order valence-corrected chi connectivity index (χ4v) is 2.39. The third-order valence-electron chi connectivity index (χ3n) is 3.82. The number of ketones is 1. The Morgan fingerprint density at radius 2 is 1.70 bits per heavy atom. The fourth-order valence-electron chi connectivity index (χ4n) is 2.39. The number of amides is 1. The summed E-state index contributed by atoms with van der Waals surface area (Å²) in [5, 5.41) is 2.69. The monoisotopic (exact) mass is 371 g/mol. The highest BCUT2D eigenvalue weighted by atomic mass is 16.5. The lowest BCUT2D eigenvalue weighted by molar-refractivity contribution is -0.122. The minimum Gasteiger partial charge on any atom is -0.493 e. The van der Waals surface area contributed by atoms with E-state index in [9.17, 15) is 14.4 Å². The number of esters is 1. The van der Waals surface area contributed by atoms with Gasteiger partial charge in [-0.25, -0.2) is 4.79 Å². The smallest absolute Gasteiger partial charge is 0.337 e. The number of methoxy groups -OCH3 is 2. The molecule has 0 radical (unpaired) electrons. The second-order valence-electron chi connectivity index (χ2n) is 5.71. The van der Waals surface area contributed by atoms with Gasteiger partial charge in [0.15, 0.2) is 23.4 Å². The molecule has 142 valence electrons. The number of para-hydroxylation sites is 1. The van der Waals surface area contributed by atoms with Crippen molar-refractivity contribution in [2.24, 2.45) is 0 Å². The topological polar surface area (TPSA) is 90.9 Å². The molecule has 2 rings (SSSR count). The largest absolute Gasteiger partial charge is 0.493 e. The van der Waals surface area contributed by atoms with Crippen LogP contribution in [0.15, 0.2) is 42.5 Å². The van der Waals surface area contributed by atoms with Crippen molar-refractivity contribution >= 4 is 23.3 Å². The summed E-state index contributed by atoms with van der Waals surface area (Å²) in [6, 6.07) is 11.2. The molecule has 0 unspecified atom stereocenters. The van der Waals surface area contributed by atoms with Crippen molar-refractivity contribution in [3.8, 4) is 11.5 Å². The number of benzene rings is 2. The molecule has 0 spiro atoms. The molecular weight excluding hydrogens is 350 g/mol. The van der Waals surface area contributed by atoms with E-state index in [2.05, 4.69) is 10.1 Å². The van der Waals surface area contributed by atoms with Gasteiger partial charge in [-0.3, -0.25) is 9.59 Å². The average Bonchev–Trinajstić information content (AvgIpc) is 2.67. The van der Waals surface area contributed by atoms with Gasteiger partial charge in [0.1, 0.15) is 0 Å². The van der Waals surface area contributed by atoms with Gasteiger partial charge >= 0.3 is 5.97 Å². The molecular formula is C20H21NO6. The molecule has 1 atom stereocenters. The summed E-state index contributed by atoms with van der Waals surface area (Å²) in [5.74, 6) is -0.497. The Hall–Kier alpha value is -3.35. The van der Waals surface area contributed by atoms with Crippen molar-refractivity contribution in [2.45, 2.75) is 20.0 Å². The SMILES string of the molecule is COC(=O)c1ccc(O[C@H](C)C(=O)Nc2ccccc2C(C)=O)c(OC)c1. The number of nitrogens with one attached hydrogen (secondary N) is 1. The van der Waals surface area contributed by atoms with Crippen LogP contribution in [0.4, 0.5) is 5.69 Å². The molecule has 0 aromatic heterocycles. The predicted molar refractivity (Wildman–Crippen MR) is 99.5 cm³/mol. The second kappa shape index (κ2) is 8.84. The fraction of sp³-hybridized carbons (Fsp3) is 0.250. The number of carbonyl (C=O) groups is 3. The van der Waals surface area contributed by atoms with Gasteiger partial charge in [-0.05, 0) is 44.2 Å². The van der Waals surface area contributed by atoms with Crippen LogP contribution in [0.2, 0.25) is 0 Å². The Labute approximate surface area is 157 Å². The van der Waals surface area contributed by atoms with Crippen LogP contribution in [-0.4, -0.2) is 38.0 Å². The normalized spacial score (nSPS) is 11.3. The number of Topliss-reactive ketones (excluding diaryl/α,β-unsaturated/α-hetero) is 1. The number of rotatable bonds is 7. The summed E-state index contributed by atoms with van der Waals surface area (Å²) in [5.41, 5.74) is 1.13. The Morgan fingerprint density at radius 3 is 2.33 bits per heavy atom. The molecule has 7 nitrogen and oxygen atoms in total. The van der Waals surface area contributed by atoms with Gasteiger partial charge in [0.2, 0.25) is 0 Å². The van der Waals surface area contributed by atoms with Gasteiger partial charge in [-0.15, -0.1) is 0 Å². The van der Waals surface area contributed by atoms with Crippen molar-refractivity contribution in [3.05, 3.63) is 53.6 Å². The first-order chi connectivity index (χ1) is 12.9. The molecule has 0 heterocycles. The summed E-state index contributed by atoms with van der Waals surface area (Å²) in [7, 11) is 2.71. The summed E-state index contributed by atoms with van der Waals surface area (Å²) in [6.45, 7) is 3.00. The highest BCUT2D eigenvalue weighted by molar-refractivity contribution is 6.04. The van der Waals surface area contributed by atoms with Gasteiger partial charge in [-0.2, -0.15) is 0 Å². The molecule has 1 N–H and O–H groups in total. The van der Waals surface area contributed by atoms with Crippen molar-refractivity contribution in [1.82, 2.24) is 0 Å². The molecule has 0 saturated heterocycles. The molecule has 0 aliphatic rings. The van der Waals surface area contributed by atoms with Crippen LogP contribution in [0.25, 0.3) is 0 Å². The van der Waals surface area contributed by atoms with Crippen LogP contribution in [0, 0.1) is 0 Å². The van der Waals surface area contributed by atoms with Crippen LogP contribution >= 0.6 is 0 Å². The average molecular weight is 371 g/mol. The third-order valence-corrected chi connectivity index (χ3v) is 3.82. The summed E-state index contributed by atoms with van der Waals surface area (Å²) < 4.78 is 15.6. The minimum atomic E-state index is -0.872. The number of anilines is 1. The summed E-state index contributed by atoms with van der Waals surface area (Å²) >= 11 is 0. The first kappa shape index (κ1) is 20.0. The molecule has 2 aromatic rings. The van der Waals surface area contributed by atoms with E-state index in [4.69, 9.17) is 9.47 Å². The molecule has 7 heteroatoms. The Balaban J connectivity index is 2.15. The first-order valence-electron chi connectivity index (χ1n) is 8.21. The zero-order valence-electron chi connectivity index (χ0n) is 15.6. The van der Waals surface area contributed by atoms with Gasteiger partial charge in [0.25, 0.3) is 5.91 Å². The van der Waals surface area contributed by atoms with E-state index in [1.54, 1.807) is 31.2 Å². The molecule has 0 aliphatic heterocycles. The number of carbonyl (C=O) groups excluding carboxylic acids is 3. The maximum Gasteiger partial charge on any atom is 0.337 e. The second-order valence-corrected chi connectivity index (χ2v) is 5.71. The van der Waals surface area contributed by atoms with Crippen LogP contribution in [-0.2, 0) is 9.53 Å². The Kier molecular flexibility index (Phi) is 6.54. The van der Waals surface area contributed by atoms with Crippen LogP contribution in [0.5, 0.6) is 11.5 Å². The van der Waals surface area contributed by atoms with E-state index in [-0.39, 0.29) is 5.78 Å². The lowest BCUT2D eigenvalue weighted by Gasteiger charge is -2.18. The van der Waals surface area contributed by atoms with Crippen LogP contribution in [0.3, 0.4) is 0 Å². The third kappa shape index (κ3) is 4.84. The standard InChI is InChI=1S/C20H21NO6/c1-12(22)15-7-5-6-8-16(15)21-19(23)13(2)27-17-10-9-14(20(24)26-4)11-18(17)25-3/h5-11,13H,1-4H3,(H,21,23)/t13-/m1/s1. The van der Waals surface area contributed by atoms with Crippen molar-refractivity contribution in [1.29, 1.82) is 0 Å². The van der Waals surface area contributed by atoms with E-state index in [1.165, 1.54) is 39.3 Å². The van der Waals surface area contributed by atoms with Gasteiger partial charge < -0.3 is 19.5 Å². The first-order valence-corrected chi connectivity index (χ1v) is 8.21. The van der Waals surface area contributed by atoms with Gasteiger partial charge in [-0.1, -0.05) is 12.1 Å². The van der Waals surface area contributed by atoms with E-state index >= 15 is 0 Å². The highest BCUT2D eigenvalue weighted by Crippen LogP contribution is 2.29. The molecule has 1 amide bonds. The van der Waals surface area contributed by atoms with E-state index < -0.39 is 18.0 Å². The lowest BCUT2D eigenvalue weighted by atomic mass is 10.1. The van der Waals surface area contributed by atoms with Gasteiger partial charge in [0, 0.05) is 5.56 Å². The van der Waals surface area contributed by atoms with Crippen LogP contribution < -0.4 is 14.8 Å². The molecule has 0 aliphatic carbocycles. The minimum absolute atomic E-state index is 0.153. The number of hydrogen-bond acceptors (Lipinski definition) is 6. The molecule has 0 bridgehead atoms. The predicted octanol–water partition coefficient (Wildman–Crippen LogP) is 3.09.